The zero-order chi connectivity index (χ0) is 20.6. The van der Waals surface area contributed by atoms with Crippen LogP contribution in [-0.2, 0) is 0 Å². The minimum atomic E-state index is -3.45. The van der Waals surface area contributed by atoms with E-state index in [2.05, 4.69) is 5.32 Å². The molecule has 0 radical (unpaired) electrons. The molecule has 0 saturated carbocycles. The van der Waals surface area contributed by atoms with E-state index in [0.29, 0.717) is 6.42 Å². The van der Waals surface area contributed by atoms with Crippen LogP contribution < -0.4 is 15.0 Å². The number of nitrogens with one attached hydrogen (secondary N) is 1. The van der Waals surface area contributed by atoms with Gasteiger partial charge in [-0.2, -0.15) is 14.0 Å². The van der Waals surface area contributed by atoms with Crippen LogP contribution in [0.3, 0.4) is 0 Å². The van der Waals surface area contributed by atoms with Gasteiger partial charge in [0, 0.05) is 18.2 Å². The molecule has 0 saturated heterocycles. The van der Waals surface area contributed by atoms with Gasteiger partial charge in [-0.3, -0.25) is 4.90 Å². The molecule has 148 valence electrons. The second kappa shape index (κ2) is 6.87. The maximum atomic E-state index is 14.8. The molecule has 27 heavy (non-hydrogen) atoms. The molecule has 1 amide bonds. The van der Waals surface area contributed by atoms with E-state index >= 15 is 0 Å². The van der Waals surface area contributed by atoms with Crippen molar-refractivity contribution in [2.24, 2.45) is 5.41 Å². The van der Waals surface area contributed by atoms with Crippen LogP contribution in [0.5, 0.6) is 5.75 Å². The molecule has 0 bridgehead atoms. The molecule has 0 aromatic heterocycles. The summed E-state index contributed by atoms with van der Waals surface area (Å²) in [6.45, 7) is 8.00. The van der Waals surface area contributed by atoms with Crippen molar-refractivity contribution in [1.82, 2.24) is 0 Å². The number of hydrogen-bond donors (Lipinski definition) is 2. The van der Waals surface area contributed by atoms with Gasteiger partial charge in [-0.1, -0.05) is 6.92 Å². The van der Waals surface area contributed by atoms with Crippen molar-refractivity contribution in [1.29, 1.82) is 5.26 Å². The number of halogens is 2. The Hall–Kier alpha value is -2.56. The highest BCUT2D eigenvalue weighted by molar-refractivity contribution is 5.88. The first-order valence-corrected chi connectivity index (χ1v) is 8.78. The highest BCUT2D eigenvalue weighted by Crippen LogP contribution is 2.48. The molecule has 1 aliphatic rings. The van der Waals surface area contributed by atoms with E-state index in [1.165, 1.54) is 25.1 Å². The van der Waals surface area contributed by atoms with Crippen LogP contribution >= 0.6 is 0 Å². The molecule has 2 rings (SSSR count). The molecular formula is C19H25F2N3O3. The van der Waals surface area contributed by atoms with Crippen molar-refractivity contribution in [2.45, 2.75) is 65.1 Å². The van der Waals surface area contributed by atoms with Gasteiger partial charge in [0.1, 0.15) is 5.75 Å². The average molecular weight is 381 g/mol. The highest BCUT2D eigenvalue weighted by Gasteiger charge is 2.58. The maximum absolute atomic E-state index is 14.8. The number of nitriles is 1. The van der Waals surface area contributed by atoms with Crippen LogP contribution in [0.15, 0.2) is 18.2 Å². The number of amides is 1. The second-order valence-electron chi connectivity index (χ2n) is 7.80. The predicted molar refractivity (Wildman–Crippen MR) is 98.3 cm³/mol. The van der Waals surface area contributed by atoms with E-state index in [0.717, 1.165) is 4.90 Å². The van der Waals surface area contributed by atoms with Crippen LogP contribution in [0.4, 0.5) is 25.0 Å². The molecular weight excluding hydrogens is 356 g/mol. The lowest BCUT2D eigenvalue weighted by atomic mass is 9.80. The number of anilines is 2. The van der Waals surface area contributed by atoms with Crippen LogP contribution in [0.2, 0.25) is 0 Å². The van der Waals surface area contributed by atoms with Crippen LogP contribution in [-0.4, -0.2) is 28.9 Å². The molecule has 2 atom stereocenters. The van der Waals surface area contributed by atoms with Crippen molar-refractivity contribution in [3.8, 4) is 11.8 Å². The number of carbonyl (C=O) groups is 1. The summed E-state index contributed by atoms with van der Waals surface area (Å²) in [4.78, 5) is 12.7. The van der Waals surface area contributed by atoms with Gasteiger partial charge in [0.05, 0.1) is 17.2 Å². The molecule has 0 aliphatic carbocycles. The number of hydrogen-bond acceptors (Lipinski definition) is 4. The van der Waals surface area contributed by atoms with Gasteiger partial charge in [0.2, 0.25) is 0 Å². The summed E-state index contributed by atoms with van der Waals surface area (Å²) in [6, 6.07) is 2.61. The third kappa shape index (κ3) is 3.92. The van der Waals surface area contributed by atoms with Crippen molar-refractivity contribution in [2.75, 3.05) is 10.2 Å². The third-order valence-corrected chi connectivity index (χ3v) is 4.85. The third-order valence-electron chi connectivity index (χ3n) is 4.85. The monoisotopic (exact) mass is 381 g/mol. The minimum Gasteiger partial charge on any atom is -0.477 e. The normalized spacial score (nSPS) is 21.9. The quantitative estimate of drug-likeness (QED) is 0.696. The van der Waals surface area contributed by atoms with Crippen molar-refractivity contribution < 1.29 is 23.4 Å². The fourth-order valence-corrected chi connectivity index (χ4v) is 3.23. The summed E-state index contributed by atoms with van der Waals surface area (Å²) in [5.41, 5.74) is -2.64. The van der Waals surface area contributed by atoms with Gasteiger partial charge in [0.15, 0.2) is 5.60 Å². The first-order chi connectivity index (χ1) is 12.4. The summed E-state index contributed by atoms with van der Waals surface area (Å²) in [7, 11) is 0. The summed E-state index contributed by atoms with van der Waals surface area (Å²) < 4.78 is 35.3. The fraction of sp³-hybridized carbons (Fsp3) is 0.579. The largest absolute Gasteiger partial charge is 0.477 e. The number of nitrogens with zero attached hydrogens (tertiary/aromatic N) is 2. The Balaban J connectivity index is 2.43. The number of carboxylic acid groups (broad SMARTS) is 1. The zero-order valence-electron chi connectivity index (χ0n) is 16.1. The molecule has 2 N–H and O–H groups in total. The Morgan fingerprint density at radius 3 is 2.63 bits per heavy atom. The molecule has 0 spiro atoms. The number of alkyl halides is 2. The van der Waals surface area contributed by atoms with Crippen LogP contribution in [0.25, 0.3) is 0 Å². The molecule has 6 nitrogen and oxygen atoms in total. The van der Waals surface area contributed by atoms with Crippen molar-refractivity contribution in [3.63, 3.8) is 0 Å². The summed E-state index contributed by atoms with van der Waals surface area (Å²) in [6.07, 6.45) is -0.773. The van der Waals surface area contributed by atoms with Gasteiger partial charge in [-0.25, -0.2) is 4.79 Å². The average Bonchev–Trinajstić information content (AvgIpc) is 2.55. The molecule has 1 unspecified atom stereocenters. The van der Waals surface area contributed by atoms with E-state index in [1.807, 2.05) is 13.0 Å². The Bertz CT molecular complexity index is 776. The first-order valence-electron chi connectivity index (χ1n) is 8.78. The first kappa shape index (κ1) is 20.7. The van der Waals surface area contributed by atoms with Gasteiger partial charge in [0.25, 0.3) is 0 Å². The smallest absolute Gasteiger partial charge is 0.412 e. The summed E-state index contributed by atoms with van der Waals surface area (Å²) >= 11 is 0. The standard InChI is InChI=1S/C19H25F2N3O3/c1-6-12(2)24(16(25)26)13-7-8-15-14(9-13)23-19(20,21)18(5,27-15)10-17(3,4)11-22/h7-9,12,23H,6,10H2,1-5H3,(H,25,26)/t12?,18-/m0/s1. The zero-order valence-corrected chi connectivity index (χ0v) is 16.1. The number of fused-ring (bicyclic) bond motifs is 1. The SMILES string of the molecule is CCC(C)N(C(=O)O)c1ccc2c(c1)NC(F)(F)[C@](C)(CC(C)(C)C#N)O2. The fourth-order valence-electron chi connectivity index (χ4n) is 3.23. The van der Waals surface area contributed by atoms with Gasteiger partial charge >= 0.3 is 12.1 Å². The molecule has 1 aromatic rings. The van der Waals surface area contributed by atoms with E-state index < -0.39 is 23.2 Å². The Kier molecular flexibility index (Phi) is 5.28. The lowest BCUT2D eigenvalue weighted by Crippen LogP contribution is -2.59. The van der Waals surface area contributed by atoms with E-state index in [9.17, 15) is 23.9 Å². The molecule has 0 fully saturated rings. The number of rotatable bonds is 5. The molecule has 1 aliphatic heterocycles. The number of benzene rings is 1. The van der Waals surface area contributed by atoms with Crippen molar-refractivity contribution >= 4 is 17.5 Å². The maximum Gasteiger partial charge on any atom is 0.412 e. The Morgan fingerprint density at radius 1 is 1.48 bits per heavy atom. The molecule has 1 aromatic carbocycles. The minimum absolute atomic E-state index is 0.0132. The van der Waals surface area contributed by atoms with Crippen LogP contribution in [0.1, 0.15) is 47.5 Å². The summed E-state index contributed by atoms with van der Waals surface area (Å²) in [5, 5.41) is 20.8. The van der Waals surface area contributed by atoms with E-state index in [1.54, 1.807) is 20.8 Å². The van der Waals surface area contributed by atoms with E-state index in [4.69, 9.17) is 4.74 Å². The summed E-state index contributed by atoms with van der Waals surface area (Å²) in [5.74, 6) is 0.190. The highest BCUT2D eigenvalue weighted by atomic mass is 19.3. The van der Waals surface area contributed by atoms with Crippen molar-refractivity contribution in [3.05, 3.63) is 18.2 Å². The predicted octanol–water partition coefficient (Wildman–Crippen LogP) is 5.07. The topological polar surface area (TPSA) is 85.6 Å². The van der Waals surface area contributed by atoms with Gasteiger partial charge in [-0.15, -0.1) is 0 Å². The van der Waals surface area contributed by atoms with Gasteiger partial charge < -0.3 is 15.2 Å². The lowest BCUT2D eigenvalue weighted by molar-refractivity contribution is -0.156. The molecule has 8 heteroatoms. The Labute approximate surface area is 157 Å². The van der Waals surface area contributed by atoms with Gasteiger partial charge in [-0.05, 0) is 52.3 Å². The van der Waals surface area contributed by atoms with Crippen LogP contribution in [0, 0.1) is 16.7 Å². The van der Waals surface area contributed by atoms with E-state index in [-0.39, 0.29) is 29.6 Å². The molecule has 1 heterocycles. The Morgan fingerprint density at radius 2 is 2.11 bits per heavy atom. The second-order valence-corrected chi connectivity index (χ2v) is 7.80. The lowest BCUT2D eigenvalue weighted by Gasteiger charge is -2.44. The number of ether oxygens (including phenoxy) is 1.